The lowest BCUT2D eigenvalue weighted by Crippen LogP contribution is -2.20. The first-order valence-electron chi connectivity index (χ1n) is 6.37. The fraction of sp³-hybridized carbons (Fsp3) is 0.667. The zero-order valence-electron chi connectivity index (χ0n) is 10.5. The summed E-state index contributed by atoms with van der Waals surface area (Å²) in [5, 5.41) is 7.60. The largest absolute Gasteiger partial charge is 0.376 e. The molecule has 0 amide bonds. The van der Waals surface area contributed by atoms with Gasteiger partial charge in [0.25, 0.3) is 0 Å². The molecule has 6 heteroatoms. The minimum Gasteiger partial charge on any atom is -0.376 e. The summed E-state index contributed by atoms with van der Waals surface area (Å²) < 4.78 is 5.62. The molecule has 1 unspecified atom stereocenters. The molecular formula is C12H18N4OS. The highest BCUT2D eigenvalue weighted by molar-refractivity contribution is 7.98. The molecule has 3 rings (SSSR count). The summed E-state index contributed by atoms with van der Waals surface area (Å²) >= 11 is 1.59. The van der Waals surface area contributed by atoms with Gasteiger partial charge in [0.15, 0.2) is 5.16 Å². The first kappa shape index (κ1) is 12.2. The Labute approximate surface area is 111 Å². The molecule has 0 aliphatic carbocycles. The van der Waals surface area contributed by atoms with Gasteiger partial charge < -0.3 is 15.4 Å². The average Bonchev–Trinajstić information content (AvgIpc) is 3.06. The summed E-state index contributed by atoms with van der Waals surface area (Å²) in [6.45, 7) is 3.45. The molecule has 2 aliphatic heterocycles. The molecule has 1 atom stereocenters. The minimum absolute atomic E-state index is 0.336. The van der Waals surface area contributed by atoms with Crippen LogP contribution >= 0.6 is 11.8 Å². The second-order valence-corrected chi connectivity index (χ2v) is 5.38. The maximum Gasteiger partial charge on any atom is 0.189 e. The molecule has 1 fully saturated rings. The van der Waals surface area contributed by atoms with Crippen LogP contribution in [-0.4, -0.2) is 35.5 Å². The Morgan fingerprint density at radius 1 is 1.44 bits per heavy atom. The lowest BCUT2D eigenvalue weighted by Gasteiger charge is -2.14. The van der Waals surface area contributed by atoms with Gasteiger partial charge in [-0.05, 0) is 19.1 Å². The lowest BCUT2D eigenvalue weighted by atomic mass is 10.2. The molecule has 0 radical (unpaired) electrons. The highest BCUT2D eigenvalue weighted by Crippen LogP contribution is 2.24. The molecule has 2 aliphatic rings. The van der Waals surface area contributed by atoms with Crippen molar-refractivity contribution in [1.29, 1.82) is 0 Å². The number of nitrogens with one attached hydrogen (secondary N) is 2. The van der Waals surface area contributed by atoms with Gasteiger partial charge in [0.05, 0.1) is 11.8 Å². The van der Waals surface area contributed by atoms with E-state index in [4.69, 9.17) is 4.74 Å². The molecule has 1 aromatic heterocycles. The molecule has 98 valence electrons. The van der Waals surface area contributed by atoms with E-state index in [1.807, 2.05) is 6.26 Å². The van der Waals surface area contributed by atoms with Gasteiger partial charge in [-0.2, -0.15) is 0 Å². The van der Waals surface area contributed by atoms with Gasteiger partial charge in [0, 0.05) is 31.8 Å². The van der Waals surface area contributed by atoms with E-state index in [-0.39, 0.29) is 0 Å². The van der Waals surface area contributed by atoms with E-state index in [1.54, 1.807) is 11.8 Å². The second kappa shape index (κ2) is 5.42. The van der Waals surface area contributed by atoms with Crippen LogP contribution in [0.15, 0.2) is 5.16 Å². The van der Waals surface area contributed by atoms with Gasteiger partial charge in [-0.25, -0.2) is 9.97 Å². The number of nitrogens with zero attached hydrogens (tertiary/aromatic N) is 2. The summed E-state index contributed by atoms with van der Waals surface area (Å²) in [4.78, 5) is 9.10. The van der Waals surface area contributed by atoms with E-state index in [0.717, 1.165) is 49.3 Å². The molecule has 2 N–H and O–H groups in total. The van der Waals surface area contributed by atoms with Crippen LogP contribution < -0.4 is 10.6 Å². The Morgan fingerprint density at radius 3 is 3.17 bits per heavy atom. The van der Waals surface area contributed by atoms with E-state index in [2.05, 4.69) is 20.6 Å². The summed E-state index contributed by atoms with van der Waals surface area (Å²) in [5.74, 6) is 0.977. The standard InChI is InChI=1S/C12H18N4OS/c1-18-12-15-10-7-13-6-9(10)11(16-12)14-5-8-3-2-4-17-8/h8,13H,2-7H2,1H3,(H,14,15,16). The summed E-state index contributed by atoms with van der Waals surface area (Å²) in [5.41, 5.74) is 2.34. The van der Waals surface area contributed by atoms with Crippen molar-refractivity contribution in [2.24, 2.45) is 0 Å². The maximum atomic E-state index is 5.62. The van der Waals surface area contributed by atoms with Crippen LogP contribution in [0.3, 0.4) is 0 Å². The van der Waals surface area contributed by atoms with Gasteiger partial charge in [0.2, 0.25) is 0 Å². The summed E-state index contributed by atoms with van der Waals surface area (Å²) in [7, 11) is 0. The van der Waals surface area contributed by atoms with Crippen LogP contribution in [0, 0.1) is 0 Å². The highest BCUT2D eigenvalue weighted by Gasteiger charge is 2.20. The number of rotatable bonds is 4. The van der Waals surface area contributed by atoms with E-state index in [1.165, 1.54) is 12.0 Å². The Kier molecular flexibility index (Phi) is 3.67. The molecule has 0 spiro atoms. The molecule has 0 bridgehead atoms. The van der Waals surface area contributed by atoms with E-state index in [0.29, 0.717) is 6.10 Å². The van der Waals surface area contributed by atoms with Crippen molar-refractivity contribution in [3.05, 3.63) is 11.3 Å². The third kappa shape index (κ3) is 2.46. The van der Waals surface area contributed by atoms with Crippen molar-refractivity contribution in [2.45, 2.75) is 37.2 Å². The molecule has 0 saturated carbocycles. The van der Waals surface area contributed by atoms with E-state index < -0.39 is 0 Å². The summed E-state index contributed by atoms with van der Waals surface area (Å²) in [6, 6.07) is 0. The van der Waals surface area contributed by atoms with Crippen molar-refractivity contribution < 1.29 is 4.74 Å². The highest BCUT2D eigenvalue weighted by atomic mass is 32.2. The van der Waals surface area contributed by atoms with Crippen LogP contribution in [0.25, 0.3) is 0 Å². The average molecular weight is 266 g/mol. The third-order valence-electron chi connectivity index (χ3n) is 3.37. The molecule has 1 aromatic rings. The second-order valence-electron chi connectivity index (χ2n) is 4.60. The van der Waals surface area contributed by atoms with E-state index in [9.17, 15) is 0 Å². The van der Waals surface area contributed by atoms with Crippen LogP contribution in [0.1, 0.15) is 24.1 Å². The van der Waals surface area contributed by atoms with Crippen LogP contribution in [0.4, 0.5) is 5.82 Å². The number of thioether (sulfide) groups is 1. The van der Waals surface area contributed by atoms with Crippen molar-refractivity contribution in [3.63, 3.8) is 0 Å². The number of hydrogen-bond donors (Lipinski definition) is 2. The van der Waals surface area contributed by atoms with Crippen LogP contribution in [0.5, 0.6) is 0 Å². The topological polar surface area (TPSA) is 59.1 Å². The smallest absolute Gasteiger partial charge is 0.189 e. The van der Waals surface area contributed by atoms with Crippen molar-refractivity contribution in [1.82, 2.24) is 15.3 Å². The Bertz CT molecular complexity index is 434. The number of fused-ring (bicyclic) bond motifs is 1. The SMILES string of the molecule is CSc1nc2c(c(NCC3CCCO3)n1)CNC2. The normalized spacial score (nSPS) is 22.2. The Hall–Kier alpha value is -0.850. The van der Waals surface area contributed by atoms with Gasteiger partial charge >= 0.3 is 0 Å². The fourth-order valence-electron chi connectivity index (χ4n) is 2.40. The minimum atomic E-state index is 0.336. The van der Waals surface area contributed by atoms with Gasteiger partial charge in [-0.3, -0.25) is 0 Å². The van der Waals surface area contributed by atoms with Crippen LogP contribution in [-0.2, 0) is 17.8 Å². The van der Waals surface area contributed by atoms with Crippen molar-refractivity contribution in [3.8, 4) is 0 Å². The number of anilines is 1. The first-order valence-corrected chi connectivity index (χ1v) is 7.59. The number of ether oxygens (including phenoxy) is 1. The molecular weight excluding hydrogens is 248 g/mol. The fourth-order valence-corrected chi connectivity index (χ4v) is 2.78. The predicted molar refractivity (Wildman–Crippen MR) is 71.8 cm³/mol. The van der Waals surface area contributed by atoms with Crippen molar-refractivity contribution in [2.75, 3.05) is 24.7 Å². The maximum absolute atomic E-state index is 5.62. The first-order chi connectivity index (χ1) is 8.86. The Balaban J connectivity index is 1.75. The van der Waals surface area contributed by atoms with E-state index >= 15 is 0 Å². The number of aromatic nitrogens is 2. The third-order valence-corrected chi connectivity index (χ3v) is 3.92. The molecule has 1 saturated heterocycles. The molecule has 5 nitrogen and oxygen atoms in total. The monoisotopic (exact) mass is 266 g/mol. The predicted octanol–water partition coefficient (Wildman–Crippen LogP) is 1.39. The molecule has 3 heterocycles. The van der Waals surface area contributed by atoms with Crippen LogP contribution in [0.2, 0.25) is 0 Å². The zero-order chi connectivity index (χ0) is 12.4. The van der Waals surface area contributed by atoms with Crippen molar-refractivity contribution >= 4 is 17.6 Å². The van der Waals surface area contributed by atoms with Gasteiger partial charge in [-0.1, -0.05) is 11.8 Å². The quantitative estimate of drug-likeness (QED) is 0.634. The lowest BCUT2D eigenvalue weighted by molar-refractivity contribution is 0.120. The molecule has 0 aromatic carbocycles. The Morgan fingerprint density at radius 2 is 2.39 bits per heavy atom. The molecule has 18 heavy (non-hydrogen) atoms. The number of hydrogen-bond acceptors (Lipinski definition) is 6. The van der Waals surface area contributed by atoms with Gasteiger partial charge in [-0.15, -0.1) is 0 Å². The summed E-state index contributed by atoms with van der Waals surface area (Å²) in [6.07, 6.45) is 4.66. The zero-order valence-corrected chi connectivity index (χ0v) is 11.3. The van der Waals surface area contributed by atoms with Gasteiger partial charge in [0.1, 0.15) is 5.82 Å².